The third-order valence-electron chi connectivity index (χ3n) is 5.79. The number of carbonyl (C=O) groups is 1. The van der Waals surface area contributed by atoms with E-state index in [1.807, 2.05) is 23.1 Å². The second-order valence-corrected chi connectivity index (χ2v) is 7.81. The summed E-state index contributed by atoms with van der Waals surface area (Å²) < 4.78 is 6.02. The van der Waals surface area contributed by atoms with E-state index in [2.05, 4.69) is 36.0 Å². The van der Waals surface area contributed by atoms with E-state index in [0.717, 1.165) is 39.0 Å². The van der Waals surface area contributed by atoms with E-state index in [4.69, 9.17) is 4.74 Å². The number of likely N-dealkylation sites (N-methyl/N-ethyl adjacent to an activating group) is 2. The highest BCUT2D eigenvalue weighted by Crippen LogP contribution is 2.17. The van der Waals surface area contributed by atoms with Crippen LogP contribution in [0, 0.1) is 0 Å². The summed E-state index contributed by atoms with van der Waals surface area (Å²) >= 11 is 0. The largest absolute Gasteiger partial charge is 0.373 e. The molecule has 0 unspecified atom stereocenters. The van der Waals surface area contributed by atoms with Gasteiger partial charge in [-0.2, -0.15) is 0 Å². The first-order valence-corrected chi connectivity index (χ1v) is 9.94. The standard InChI is InChI=1S/C21H33N3O2/c1-22-12-8-19(16-22)23(2)13-11-21(25)24-14-9-20(10-15-24)26-17-18-6-4-3-5-7-18/h3-7,19-20H,8-17H2,1-2H3/t19-/m0/s1. The van der Waals surface area contributed by atoms with Gasteiger partial charge < -0.3 is 19.4 Å². The Balaban J connectivity index is 1.33. The second kappa shape index (κ2) is 9.49. The Bertz CT molecular complexity index is 558. The fraction of sp³-hybridized carbons (Fsp3) is 0.667. The Morgan fingerprint density at radius 3 is 2.54 bits per heavy atom. The fourth-order valence-electron chi connectivity index (χ4n) is 3.94. The first-order chi connectivity index (χ1) is 12.6. The van der Waals surface area contributed by atoms with Gasteiger partial charge in [0.15, 0.2) is 0 Å². The van der Waals surface area contributed by atoms with Crippen LogP contribution in [0.1, 0.15) is 31.2 Å². The van der Waals surface area contributed by atoms with Crippen LogP contribution in [0.2, 0.25) is 0 Å². The Kier molecular flexibility index (Phi) is 7.06. The minimum absolute atomic E-state index is 0.274. The molecule has 2 aliphatic heterocycles. The zero-order chi connectivity index (χ0) is 18.4. The molecule has 0 spiro atoms. The zero-order valence-corrected chi connectivity index (χ0v) is 16.3. The predicted octanol–water partition coefficient (Wildman–Crippen LogP) is 2.22. The molecule has 2 aliphatic rings. The van der Waals surface area contributed by atoms with Gasteiger partial charge in [-0.1, -0.05) is 30.3 Å². The van der Waals surface area contributed by atoms with Gasteiger partial charge in [0, 0.05) is 38.6 Å². The maximum absolute atomic E-state index is 12.5. The number of carbonyl (C=O) groups excluding carboxylic acids is 1. The van der Waals surface area contributed by atoms with Crippen molar-refractivity contribution in [2.45, 2.75) is 44.4 Å². The number of nitrogens with zero attached hydrogens (tertiary/aromatic N) is 3. The Morgan fingerprint density at radius 1 is 1.15 bits per heavy atom. The van der Waals surface area contributed by atoms with Gasteiger partial charge in [-0.25, -0.2) is 0 Å². The molecule has 0 radical (unpaired) electrons. The molecule has 26 heavy (non-hydrogen) atoms. The molecular weight excluding hydrogens is 326 g/mol. The maximum atomic E-state index is 12.5. The Labute approximate surface area is 157 Å². The highest BCUT2D eigenvalue weighted by molar-refractivity contribution is 5.76. The van der Waals surface area contributed by atoms with Crippen molar-refractivity contribution in [1.29, 1.82) is 0 Å². The Hall–Kier alpha value is -1.43. The first kappa shape index (κ1) is 19.3. The van der Waals surface area contributed by atoms with Crippen molar-refractivity contribution in [1.82, 2.24) is 14.7 Å². The van der Waals surface area contributed by atoms with E-state index in [0.29, 0.717) is 25.0 Å². The van der Waals surface area contributed by atoms with E-state index >= 15 is 0 Å². The minimum Gasteiger partial charge on any atom is -0.373 e. The molecule has 5 heteroatoms. The molecule has 0 N–H and O–H groups in total. The molecule has 0 aromatic heterocycles. The molecule has 0 aliphatic carbocycles. The van der Waals surface area contributed by atoms with E-state index in [-0.39, 0.29) is 6.10 Å². The summed E-state index contributed by atoms with van der Waals surface area (Å²) in [6, 6.07) is 10.9. The lowest BCUT2D eigenvalue weighted by atomic mass is 10.1. The van der Waals surface area contributed by atoms with Crippen LogP contribution in [0.3, 0.4) is 0 Å². The summed E-state index contributed by atoms with van der Waals surface area (Å²) in [5, 5.41) is 0. The Morgan fingerprint density at radius 2 is 1.88 bits per heavy atom. The summed E-state index contributed by atoms with van der Waals surface area (Å²) in [5.41, 5.74) is 1.21. The van der Waals surface area contributed by atoms with Crippen molar-refractivity contribution in [3.05, 3.63) is 35.9 Å². The van der Waals surface area contributed by atoms with Crippen LogP contribution in [-0.2, 0) is 16.1 Å². The van der Waals surface area contributed by atoms with E-state index in [9.17, 15) is 4.79 Å². The quantitative estimate of drug-likeness (QED) is 0.748. The average Bonchev–Trinajstić information content (AvgIpc) is 3.12. The lowest BCUT2D eigenvalue weighted by molar-refractivity contribution is -0.134. The van der Waals surface area contributed by atoms with Gasteiger partial charge in [0.2, 0.25) is 5.91 Å². The molecule has 2 saturated heterocycles. The zero-order valence-electron chi connectivity index (χ0n) is 16.3. The summed E-state index contributed by atoms with van der Waals surface area (Å²) in [6.45, 7) is 5.47. The lowest BCUT2D eigenvalue weighted by Gasteiger charge is -2.33. The number of benzene rings is 1. The molecule has 0 bridgehead atoms. The maximum Gasteiger partial charge on any atom is 0.223 e. The number of hydrogen-bond donors (Lipinski definition) is 0. The molecule has 1 atom stereocenters. The van der Waals surface area contributed by atoms with Crippen LogP contribution in [0.4, 0.5) is 0 Å². The van der Waals surface area contributed by atoms with Gasteiger partial charge in [0.05, 0.1) is 12.7 Å². The van der Waals surface area contributed by atoms with Gasteiger partial charge in [0.25, 0.3) is 0 Å². The van der Waals surface area contributed by atoms with Crippen molar-refractivity contribution in [2.24, 2.45) is 0 Å². The monoisotopic (exact) mass is 359 g/mol. The normalized spacial score (nSPS) is 22.3. The second-order valence-electron chi connectivity index (χ2n) is 7.81. The summed E-state index contributed by atoms with van der Waals surface area (Å²) in [5.74, 6) is 0.296. The number of rotatable bonds is 7. The topological polar surface area (TPSA) is 36.0 Å². The van der Waals surface area contributed by atoms with Gasteiger partial charge in [0.1, 0.15) is 0 Å². The van der Waals surface area contributed by atoms with Crippen LogP contribution in [-0.4, -0.2) is 79.6 Å². The van der Waals surface area contributed by atoms with Crippen LogP contribution in [0.5, 0.6) is 0 Å². The number of amides is 1. The predicted molar refractivity (Wildman–Crippen MR) is 104 cm³/mol. The van der Waals surface area contributed by atoms with E-state index < -0.39 is 0 Å². The molecule has 144 valence electrons. The fourth-order valence-corrected chi connectivity index (χ4v) is 3.94. The third kappa shape index (κ3) is 5.53. The molecule has 2 heterocycles. The van der Waals surface area contributed by atoms with E-state index in [1.54, 1.807) is 0 Å². The van der Waals surface area contributed by atoms with Crippen molar-refractivity contribution >= 4 is 5.91 Å². The SMILES string of the molecule is CN1CC[C@H](N(C)CCC(=O)N2CCC(OCc3ccccc3)CC2)C1. The lowest BCUT2D eigenvalue weighted by Crippen LogP contribution is -2.42. The van der Waals surface area contributed by atoms with Crippen molar-refractivity contribution in [3.63, 3.8) is 0 Å². The number of likely N-dealkylation sites (tertiary alicyclic amines) is 2. The molecule has 3 rings (SSSR count). The molecule has 1 aromatic carbocycles. The smallest absolute Gasteiger partial charge is 0.223 e. The summed E-state index contributed by atoms with van der Waals surface area (Å²) in [6.07, 6.45) is 4.01. The van der Waals surface area contributed by atoms with Crippen LogP contribution >= 0.6 is 0 Å². The summed E-state index contributed by atoms with van der Waals surface area (Å²) in [4.78, 5) is 19.3. The van der Waals surface area contributed by atoms with Crippen molar-refractivity contribution in [3.8, 4) is 0 Å². The van der Waals surface area contributed by atoms with Gasteiger partial charge >= 0.3 is 0 Å². The van der Waals surface area contributed by atoms with Crippen LogP contribution in [0.25, 0.3) is 0 Å². The van der Waals surface area contributed by atoms with E-state index in [1.165, 1.54) is 18.5 Å². The first-order valence-electron chi connectivity index (χ1n) is 9.94. The summed E-state index contributed by atoms with van der Waals surface area (Å²) in [7, 11) is 4.32. The molecule has 5 nitrogen and oxygen atoms in total. The van der Waals surface area contributed by atoms with Crippen LogP contribution in [0.15, 0.2) is 30.3 Å². The highest BCUT2D eigenvalue weighted by Gasteiger charge is 2.26. The van der Waals surface area contributed by atoms with Crippen molar-refractivity contribution in [2.75, 3.05) is 46.8 Å². The highest BCUT2D eigenvalue weighted by atomic mass is 16.5. The number of hydrogen-bond acceptors (Lipinski definition) is 4. The van der Waals surface area contributed by atoms with Crippen LogP contribution < -0.4 is 0 Å². The third-order valence-corrected chi connectivity index (χ3v) is 5.79. The van der Waals surface area contributed by atoms with Gasteiger partial charge in [-0.3, -0.25) is 4.79 Å². The molecule has 2 fully saturated rings. The number of piperidine rings is 1. The number of ether oxygens (including phenoxy) is 1. The van der Waals surface area contributed by atoms with Crippen molar-refractivity contribution < 1.29 is 9.53 Å². The average molecular weight is 360 g/mol. The minimum atomic E-state index is 0.274. The molecule has 1 amide bonds. The molecule has 1 aromatic rings. The van der Waals surface area contributed by atoms with Gasteiger partial charge in [-0.05, 0) is 45.5 Å². The van der Waals surface area contributed by atoms with Gasteiger partial charge in [-0.15, -0.1) is 0 Å². The molecule has 0 saturated carbocycles. The molecular formula is C21H33N3O2.